The molecule has 0 radical (unpaired) electrons. The molecule has 2 bridgehead atoms. The quantitative estimate of drug-likeness (QED) is 0.178. The summed E-state index contributed by atoms with van der Waals surface area (Å²) in [6.07, 6.45) is 12.8. The number of esters is 2. The second kappa shape index (κ2) is 10.8. The summed E-state index contributed by atoms with van der Waals surface area (Å²) in [6, 6.07) is 0. The number of hydrogen-bond acceptors (Lipinski definition) is 6. The molecule has 0 spiro atoms. The summed E-state index contributed by atoms with van der Waals surface area (Å²) >= 11 is 0. The van der Waals surface area contributed by atoms with Crippen LogP contribution in [-0.4, -0.2) is 37.8 Å². The second-order valence-corrected chi connectivity index (χ2v) is 6.77. The Balaban J connectivity index is 1.41. The highest BCUT2D eigenvalue weighted by atomic mass is 16.6. The van der Waals surface area contributed by atoms with E-state index in [1.54, 1.807) is 0 Å². The fraction of sp³-hybridized carbons (Fsp3) is 0.737. The van der Waals surface area contributed by atoms with Crippen molar-refractivity contribution in [2.45, 2.75) is 51.4 Å². The van der Waals surface area contributed by atoms with Crippen LogP contribution in [0.5, 0.6) is 0 Å². The number of ether oxygens (including phenoxy) is 2. The van der Waals surface area contributed by atoms with Gasteiger partial charge in [0.15, 0.2) is 0 Å². The third-order valence-electron chi connectivity index (χ3n) is 4.89. The summed E-state index contributed by atoms with van der Waals surface area (Å²) in [6.45, 7) is 0.799. The van der Waals surface area contributed by atoms with Gasteiger partial charge >= 0.3 is 11.9 Å². The number of unbranched alkanes of at least 4 members (excludes halogenated alkanes) is 4. The lowest BCUT2D eigenvalue weighted by Gasteiger charge is -2.16. The molecule has 138 valence electrons. The lowest BCUT2D eigenvalue weighted by atomic mass is 9.94. The van der Waals surface area contributed by atoms with Gasteiger partial charge in [0, 0.05) is 6.42 Å². The minimum Gasteiger partial charge on any atom is -0.462 e. The van der Waals surface area contributed by atoms with Gasteiger partial charge in [0.25, 0.3) is 0 Å². The third-order valence-corrected chi connectivity index (χ3v) is 4.89. The topological polar surface area (TPSA) is 82.0 Å². The first-order chi connectivity index (χ1) is 12.2. The van der Waals surface area contributed by atoms with Crippen LogP contribution in [0.2, 0.25) is 0 Å². The molecule has 6 heteroatoms. The van der Waals surface area contributed by atoms with Crippen molar-refractivity contribution in [2.24, 2.45) is 22.7 Å². The average molecular weight is 349 g/mol. The molecule has 0 saturated heterocycles. The number of aliphatic imine (C=N–C) groups is 1. The first-order valence-corrected chi connectivity index (χ1v) is 9.25. The van der Waals surface area contributed by atoms with Gasteiger partial charge in [-0.25, -0.2) is 9.79 Å². The smallest absolute Gasteiger partial charge is 0.309 e. The lowest BCUT2D eigenvalue weighted by molar-refractivity contribution is -0.155. The van der Waals surface area contributed by atoms with Crippen molar-refractivity contribution >= 4 is 18.0 Å². The SMILES string of the molecule is O=C=NCCCCCCCC(=O)OCCOC(=O)C1CC2C=CC1C2. The van der Waals surface area contributed by atoms with Gasteiger partial charge in [-0.2, -0.15) is 0 Å². The van der Waals surface area contributed by atoms with E-state index in [-0.39, 0.29) is 31.1 Å². The normalized spacial score (nSPS) is 23.3. The summed E-state index contributed by atoms with van der Waals surface area (Å²) in [5.41, 5.74) is 0. The number of rotatable bonds is 12. The average Bonchev–Trinajstić information content (AvgIpc) is 3.24. The fourth-order valence-electron chi connectivity index (χ4n) is 3.56. The van der Waals surface area contributed by atoms with Gasteiger partial charge in [0.1, 0.15) is 13.2 Å². The predicted octanol–water partition coefficient (Wildman–Crippen LogP) is 2.96. The summed E-state index contributed by atoms with van der Waals surface area (Å²) < 4.78 is 10.3. The molecule has 3 unspecified atom stereocenters. The van der Waals surface area contributed by atoms with Crippen molar-refractivity contribution in [1.82, 2.24) is 0 Å². The summed E-state index contributed by atoms with van der Waals surface area (Å²) in [4.78, 5) is 37.0. The lowest BCUT2D eigenvalue weighted by Crippen LogP contribution is -2.23. The molecule has 3 atom stereocenters. The van der Waals surface area contributed by atoms with Crippen LogP contribution in [0.1, 0.15) is 51.4 Å². The molecule has 0 heterocycles. The zero-order valence-corrected chi connectivity index (χ0v) is 14.7. The van der Waals surface area contributed by atoms with Gasteiger partial charge in [-0.1, -0.05) is 31.4 Å². The highest BCUT2D eigenvalue weighted by Crippen LogP contribution is 2.43. The molecule has 0 aliphatic heterocycles. The maximum atomic E-state index is 12.0. The van der Waals surface area contributed by atoms with Crippen LogP contribution < -0.4 is 0 Å². The largest absolute Gasteiger partial charge is 0.462 e. The van der Waals surface area contributed by atoms with Gasteiger partial charge in [-0.3, -0.25) is 9.59 Å². The van der Waals surface area contributed by atoms with Crippen molar-refractivity contribution in [2.75, 3.05) is 19.8 Å². The van der Waals surface area contributed by atoms with Crippen LogP contribution in [0.25, 0.3) is 0 Å². The molecule has 0 aromatic carbocycles. The maximum absolute atomic E-state index is 12.0. The minimum absolute atomic E-state index is 0.0112. The third kappa shape index (κ3) is 6.83. The summed E-state index contributed by atoms with van der Waals surface area (Å²) in [5, 5.41) is 0. The van der Waals surface area contributed by atoms with Crippen molar-refractivity contribution < 1.29 is 23.9 Å². The van der Waals surface area contributed by atoms with Crippen molar-refractivity contribution in [3.63, 3.8) is 0 Å². The van der Waals surface area contributed by atoms with E-state index in [9.17, 15) is 14.4 Å². The van der Waals surface area contributed by atoms with E-state index in [1.807, 2.05) is 0 Å². The van der Waals surface area contributed by atoms with Crippen molar-refractivity contribution in [3.8, 4) is 0 Å². The number of isocyanates is 1. The maximum Gasteiger partial charge on any atom is 0.309 e. The number of fused-ring (bicyclic) bond motifs is 2. The van der Waals surface area contributed by atoms with E-state index in [4.69, 9.17) is 9.47 Å². The van der Waals surface area contributed by atoms with E-state index in [0.717, 1.165) is 44.9 Å². The molecular weight excluding hydrogens is 322 g/mol. The van der Waals surface area contributed by atoms with Gasteiger partial charge in [-0.15, -0.1) is 0 Å². The molecule has 0 aromatic rings. The van der Waals surface area contributed by atoms with Crippen LogP contribution >= 0.6 is 0 Å². The molecule has 1 fully saturated rings. The molecule has 6 nitrogen and oxygen atoms in total. The van der Waals surface area contributed by atoms with Crippen LogP contribution in [0, 0.1) is 17.8 Å². The fourth-order valence-corrected chi connectivity index (χ4v) is 3.56. The summed E-state index contributed by atoms with van der Waals surface area (Å²) in [5.74, 6) is 0.461. The Labute approximate surface area is 148 Å². The van der Waals surface area contributed by atoms with E-state index in [1.165, 1.54) is 6.08 Å². The Morgan fingerprint density at radius 3 is 2.48 bits per heavy atom. The first kappa shape index (κ1) is 19.4. The Kier molecular flexibility index (Phi) is 8.40. The molecule has 0 N–H and O–H groups in total. The van der Waals surface area contributed by atoms with Gasteiger partial charge < -0.3 is 9.47 Å². The van der Waals surface area contributed by atoms with E-state index >= 15 is 0 Å². The molecule has 25 heavy (non-hydrogen) atoms. The van der Waals surface area contributed by atoms with Crippen LogP contribution in [0.3, 0.4) is 0 Å². The summed E-state index contributed by atoms with van der Waals surface area (Å²) in [7, 11) is 0. The van der Waals surface area contributed by atoms with Gasteiger partial charge in [0.05, 0.1) is 12.5 Å². The van der Waals surface area contributed by atoms with Crippen molar-refractivity contribution in [3.05, 3.63) is 12.2 Å². The number of hydrogen-bond donors (Lipinski definition) is 0. The molecule has 2 rings (SSSR count). The Morgan fingerprint density at radius 2 is 1.76 bits per heavy atom. The first-order valence-electron chi connectivity index (χ1n) is 9.25. The zero-order valence-electron chi connectivity index (χ0n) is 14.7. The van der Waals surface area contributed by atoms with E-state index in [2.05, 4.69) is 17.1 Å². The molecular formula is C19H27NO5. The van der Waals surface area contributed by atoms with Crippen LogP contribution in [-0.2, 0) is 23.9 Å². The minimum atomic E-state index is -0.246. The second-order valence-electron chi connectivity index (χ2n) is 6.77. The van der Waals surface area contributed by atoms with Gasteiger partial charge in [0.2, 0.25) is 6.08 Å². The van der Waals surface area contributed by atoms with E-state index in [0.29, 0.717) is 24.8 Å². The molecule has 1 saturated carbocycles. The van der Waals surface area contributed by atoms with Gasteiger partial charge in [-0.05, 0) is 37.5 Å². The standard InChI is InChI=1S/C19H27NO5/c21-14-20-9-5-3-1-2-4-6-18(22)24-10-11-25-19(23)17-13-15-7-8-16(17)12-15/h7-8,15-17H,1-6,9-13H2. The molecule has 0 amide bonds. The Morgan fingerprint density at radius 1 is 1.00 bits per heavy atom. The zero-order chi connectivity index (χ0) is 17.9. The number of allylic oxidation sites excluding steroid dienone is 2. The number of carbonyl (C=O) groups excluding carboxylic acids is 3. The highest BCUT2D eigenvalue weighted by molar-refractivity contribution is 5.74. The van der Waals surface area contributed by atoms with Crippen molar-refractivity contribution in [1.29, 1.82) is 0 Å². The van der Waals surface area contributed by atoms with E-state index < -0.39 is 0 Å². The van der Waals surface area contributed by atoms with Crippen LogP contribution in [0.4, 0.5) is 0 Å². The Hall–Kier alpha value is -1.94. The highest BCUT2D eigenvalue weighted by Gasteiger charge is 2.40. The number of carbonyl (C=O) groups is 2. The molecule has 2 aliphatic rings. The monoisotopic (exact) mass is 349 g/mol. The molecule has 2 aliphatic carbocycles. The Bertz CT molecular complexity index is 524. The molecule has 0 aromatic heterocycles. The number of nitrogens with zero attached hydrogens (tertiary/aromatic N) is 1. The predicted molar refractivity (Wildman–Crippen MR) is 91.5 cm³/mol. The van der Waals surface area contributed by atoms with Crippen LogP contribution in [0.15, 0.2) is 17.1 Å².